The lowest BCUT2D eigenvalue weighted by atomic mass is 10.2. The van der Waals surface area contributed by atoms with Crippen molar-refractivity contribution in [3.63, 3.8) is 0 Å². The first-order valence-electron chi connectivity index (χ1n) is 5.20. The summed E-state index contributed by atoms with van der Waals surface area (Å²) >= 11 is 7.85. The topological polar surface area (TPSA) is 59.4 Å². The number of carboxylic acid groups (broad SMARTS) is 1. The van der Waals surface area contributed by atoms with Gasteiger partial charge in [-0.15, -0.1) is 11.8 Å². The normalized spacial score (nSPS) is 12.4. The Hall–Kier alpha value is -0.790. The number of para-hydroxylation sites is 1. The largest absolute Gasteiger partial charge is 0.478 e. The maximum Gasteiger partial charge on any atom is 0.355 e. The van der Waals surface area contributed by atoms with Gasteiger partial charge in [0.15, 0.2) is 0 Å². The van der Waals surface area contributed by atoms with E-state index in [2.05, 4.69) is 36.8 Å². The molecule has 0 spiro atoms. The molecule has 0 bridgehead atoms. The van der Waals surface area contributed by atoms with Gasteiger partial charge >= 0.3 is 5.97 Å². The van der Waals surface area contributed by atoms with E-state index in [1.54, 1.807) is 6.26 Å². The number of hydrogen-bond donors (Lipinski definition) is 1. The SMILES string of the molecule is CSC(Oc1nc2c(Br)cccc2cc1Br)C(=O)O. The highest BCUT2D eigenvalue weighted by molar-refractivity contribution is 9.11. The van der Waals surface area contributed by atoms with Gasteiger partial charge in [0, 0.05) is 9.86 Å². The Morgan fingerprint density at radius 2 is 2.16 bits per heavy atom. The standard InChI is InChI=1S/C12H9Br2NO3S/c1-19-12(11(16)17)18-10-8(14)5-6-3-2-4-7(13)9(6)15-10/h2-5,12H,1H3,(H,16,17). The van der Waals surface area contributed by atoms with Crippen LogP contribution >= 0.6 is 43.6 Å². The summed E-state index contributed by atoms with van der Waals surface area (Å²) in [6.45, 7) is 0. The van der Waals surface area contributed by atoms with Crippen molar-refractivity contribution in [1.29, 1.82) is 0 Å². The van der Waals surface area contributed by atoms with Gasteiger partial charge in [0.25, 0.3) is 0 Å². The summed E-state index contributed by atoms with van der Waals surface area (Å²) in [6, 6.07) is 7.55. The molecular formula is C12H9Br2NO3S. The highest BCUT2D eigenvalue weighted by atomic mass is 79.9. The molecule has 100 valence electrons. The quantitative estimate of drug-likeness (QED) is 0.780. The Kier molecular flexibility index (Phi) is 4.70. The number of ether oxygens (including phenoxy) is 1. The van der Waals surface area contributed by atoms with Crippen LogP contribution in [0, 0.1) is 0 Å². The number of pyridine rings is 1. The Labute approximate surface area is 130 Å². The summed E-state index contributed by atoms with van der Waals surface area (Å²) in [4.78, 5) is 15.3. The minimum Gasteiger partial charge on any atom is -0.478 e. The fourth-order valence-corrected chi connectivity index (χ4v) is 2.79. The van der Waals surface area contributed by atoms with Crippen molar-refractivity contribution in [2.24, 2.45) is 0 Å². The van der Waals surface area contributed by atoms with Gasteiger partial charge in [-0.2, -0.15) is 0 Å². The van der Waals surface area contributed by atoms with Gasteiger partial charge in [-0.25, -0.2) is 9.78 Å². The summed E-state index contributed by atoms with van der Waals surface area (Å²) in [5.41, 5.74) is -0.255. The average molecular weight is 407 g/mol. The van der Waals surface area contributed by atoms with Crippen molar-refractivity contribution in [1.82, 2.24) is 4.98 Å². The van der Waals surface area contributed by atoms with E-state index in [0.717, 1.165) is 27.1 Å². The number of aromatic nitrogens is 1. The molecule has 2 rings (SSSR count). The van der Waals surface area contributed by atoms with Gasteiger partial charge in [-0.05, 0) is 50.2 Å². The molecule has 0 saturated heterocycles. The first-order valence-corrected chi connectivity index (χ1v) is 8.07. The molecule has 1 unspecified atom stereocenters. The van der Waals surface area contributed by atoms with Crippen LogP contribution in [0.4, 0.5) is 0 Å². The van der Waals surface area contributed by atoms with Crippen LogP contribution in [0.2, 0.25) is 0 Å². The fraction of sp³-hybridized carbons (Fsp3) is 0.167. The van der Waals surface area contributed by atoms with E-state index in [-0.39, 0.29) is 5.88 Å². The maximum absolute atomic E-state index is 11.0. The third-order valence-electron chi connectivity index (χ3n) is 2.35. The minimum absolute atomic E-state index is 0.265. The molecule has 0 amide bonds. The zero-order valence-electron chi connectivity index (χ0n) is 9.76. The van der Waals surface area contributed by atoms with E-state index >= 15 is 0 Å². The number of rotatable bonds is 4. The molecule has 1 heterocycles. The number of nitrogens with zero attached hydrogens (tertiary/aromatic N) is 1. The van der Waals surface area contributed by atoms with Crippen LogP contribution in [-0.2, 0) is 4.79 Å². The second kappa shape index (κ2) is 6.11. The van der Waals surface area contributed by atoms with Gasteiger partial charge in [0.2, 0.25) is 11.3 Å². The molecule has 1 atom stereocenters. The maximum atomic E-state index is 11.0. The third-order valence-corrected chi connectivity index (χ3v) is 4.29. The fourth-order valence-electron chi connectivity index (χ4n) is 1.50. The molecule has 0 aliphatic carbocycles. The first kappa shape index (κ1) is 14.6. The second-order valence-electron chi connectivity index (χ2n) is 3.61. The van der Waals surface area contributed by atoms with Crippen molar-refractivity contribution < 1.29 is 14.6 Å². The lowest BCUT2D eigenvalue weighted by molar-refractivity contribution is -0.141. The predicted octanol–water partition coefficient (Wildman–Crippen LogP) is 3.91. The Morgan fingerprint density at radius 3 is 2.79 bits per heavy atom. The second-order valence-corrected chi connectivity index (χ2v) is 6.22. The smallest absolute Gasteiger partial charge is 0.355 e. The Bertz CT molecular complexity index is 636. The van der Waals surface area contributed by atoms with Crippen LogP contribution in [0.25, 0.3) is 10.9 Å². The van der Waals surface area contributed by atoms with E-state index in [1.807, 2.05) is 24.3 Å². The molecule has 0 fully saturated rings. The molecule has 2 aromatic rings. The summed E-state index contributed by atoms with van der Waals surface area (Å²) in [7, 11) is 0. The monoisotopic (exact) mass is 405 g/mol. The molecule has 1 N–H and O–H groups in total. The van der Waals surface area contributed by atoms with Crippen LogP contribution in [0.5, 0.6) is 5.88 Å². The third kappa shape index (κ3) is 3.21. The summed E-state index contributed by atoms with van der Waals surface area (Å²) in [5, 5.41) is 9.93. The molecule has 1 aromatic heterocycles. The van der Waals surface area contributed by atoms with Gasteiger partial charge < -0.3 is 9.84 Å². The number of hydrogen-bond acceptors (Lipinski definition) is 4. The molecule has 19 heavy (non-hydrogen) atoms. The molecule has 7 heteroatoms. The number of halogens is 2. The highest BCUT2D eigenvalue weighted by Gasteiger charge is 2.20. The van der Waals surface area contributed by atoms with Crippen molar-refractivity contribution >= 4 is 60.5 Å². The number of benzene rings is 1. The molecule has 0 aliphatic rings. The van der Waals surface area contributed by atoms with Crippen molar-refractivity contribution in [3.05, 3.63) is 33.2 Å². The van der Waals surface area contributed by atoms with Crippen molar-refractivity contribution in [3.8, 4) is 5.88 Å². The molecule has 0 saturated carbocycles. The van der Waals surface area contributed by atoms with E-state index in [4.69, 9.17) is 9.84 Å². The van der Waals surface area contributed by atoms with Crippen LogP contribution in [0.3, 0.4) is 0 Å². The Balaban J connectivity index is 2.46. The number of fused-ring (bicyclic) bond motifs is 1. The molecule has 0 radical (unpaired) electrons. The average Bonchev–Trinajstić information content (AvgIpc) is 2.36. The van der Waals surface area contributed by atoms with Crippen molar-refractivity contribution in [2.75, 3.05) is 6.26 Å². The summed E-state index contributed by atoms with van der Waals surface area (Å²) in [6.07, 6.45) is 1.67. The van der Waals surface area contributed by atoms with Crippen LogP contribution in [0.1, 0.15) is 0 Å². The highest BCUT2D eigenvalue weighted by Crippen LogP contribution is 2.32. The van der Waals surface area contributed by atoms with Gasteiger partial charge in [-0.1, -0.05) is 12.1 Å². The molecule has 0 aliphatic heterocycles. The molecule has 4 nitrogen and oxygen atoms in total. The number of carboxylic acids is 1. The number of aliphatic carboxylic acids is 1. The van der Waals surface area contributed by atoms with Crippen LogP contribution in [-0.4, -0.2) is 27.8 Å². The van der Waals surface area contributed by atoms with Crippen LogP contribution in [0.15, 0.2) is 33.2 Å². The molecular weight excluding hydrogens is 398 g/mol. The lowest BCUT2D eigenvalue weighted by Gasteiger charge is -2.13. The first-order chi connectivity index (χ1) is 9.02. The summed E-state index contributed by atoms with van der Waals surface area (Å²) in [5.74, 6) is -0.769. The zero-order chi connectivity index (χ0) is 14.0. The van der Waals surface area contributed by atoms with E-state index in [0.29, 0.717) is 4.47 Å². The van der Waals surface area contributed by atoms with Gasteiger partial charge in [-0.3, -0.25) is 0 Å². The number of carbonyl (C=O) groups is 1. The van der Waals surface area contributed by atoms with Gasteiger partial charge in [0.05, 0.1) is 9.99 Å². The van der Waals surface area contributed by atoms with Gasteiger partial charge in [0.1, 0.15) is 0 Å². The predicted molar refractivity (Wildman–Crippen MR) is 82.7 cm³/mol. The van der Waals surface area contributed by atoms with Crippen LogP contribution < -0.4 is 4.74 Å². The Morgan fingerprint density at radius 1 is 1.42 bits per heavy atom. The van der Waals surface area contributed by atoms with Crippen molar-refractivity contribution in [2.45, 2.75) is 5.44 Å². The van der Waals surface area contributed by atoms with E-state index in [1.165, 1.54) is 0 Å². The number of thioether (sulfide) groups is 1. The summed E-state index contributed by atoms with van der Waals surface area (Å²) < 4.78 is 6.86. The minimum atomic E-state index is -1.03. The van der Waals surface area contributed by atoms with E-state index in [9.17, 15) is 4.79 Å². The van der Waals surface area contributed by atoms with E-state index < -0.39 is 11.4 Å². The zero-order valence-corrected chi connectivity index (χ0v) is 13.8. The lowest BCUT2D eigenvalue weighted by Crippen LogP contribution is -2.23. The molecule has 1 aromatic carbocycles.